The quantitative estimate of drug-likeness (QED) is 0.509. The van der Waals surface area contributed by atoms with Gasteiger partial charge in [0.2, 0.25) is 0 Å². The van der Waals surface area contributed by atoms with Crippen LogP contribution in [0, 0.1) is 0 Å². The number of hydrogen-bond acceptors (Lipinski definition) is 2. The summed E-state index contributed by atoms with van der Waals surface area (Å²) in [4.78, 5) is 0. The first-order valence-corrected chi connectivity index (χ1v) is 2.97. The third-order valence-electron chi connectivity index (χ3n) is 0.927. The second-order valence-corrected chi connectivity index (χ2v) is 3.22. The van der Waals surface area contributed by atoms with E-state index in [1.165, 1.54) is 0 Å². The van der Waals surface area contributed by atoms with Gasteiger partial charge in [-0.05, 0) is 20.8 Å². The van der Waals surface area contributed by atoms with Crippen LogP contribution in [0.25, 0.3) is 0 Å². The minimum Gasteiger partial charge on any atom is -0.357 e. The van der Waals surface area contributed by atoms with E-state index in [0.717, 1.165) is 6.61 Å². The second kappa shape index (κ2) is 1.71. The molecular formula is C6H13NO. The van der Waals surface area contributed by atoms with Crippen molar-refractivity contribution in [1.82, 2.24) is 5.32 Å². The molecule has 1 saturated heterocycles. The normalized spacial score (nSPS) is 28.1. The summed E-state index contributed by atoms with van der Waals surface area (Å²) in [6, 6.07) is 0. The van der Waals surface area contributed by atoms with Crippen molar-refractivity contribution in [3.05, 3.63) is 0 Å². The van der Waals surface area contributed by atoms with Gasteiger partial charge in [0.05, 0.1) is 6.61 Å². The van der Waals surface area contributed by atoms with E-state index in [9.17, 15) is 0 Å². The van der Waals surface area contributed by atoms with Gasteiger partial charge in [0.25, 0.3) is 0 Å². The minimum atomic E-state index is 0.209. The van der Waals surface area contributed by atoms with E-state index in [1.807, 2.05) is 0 Å². The Balaban J connectivity index is 2.16. The highest BCUT2D eigenvalue weighted by Gasteiger charge is 2.26. The molecule has 0 saturated carbocycles. The Labute approximate surface area is 50.2 Å². The fraction of sp³-hybridized carbons (Fsp3) is 1.00. The lowest BCUT2D eigenvalue weighted by Gasteiger charge is -2.18. The maximum Gasteiger partial charge on any atom is 0.132 e. The summed E-state index contributed by atoms with van der Waals surface area (Å²) < 4.78 is 4.97. The van der Waals surface area contributed by atoms with Crippen LogP contribution in [0.2, 0.25) is 0 Å². The molecule has 1 fully saturated rings. The molecule has 1 N–H and O–H groups in total. The Morgan fingerprint density at radius 3 is 2.12 bits per heavy atom. The average molecular weight is 115 g/mol. The van der Waals surface area contributed by atoms with Crippen LogP contribution in [0.5, 0.6) is 0 Å². The summed E-state index contributed by atoms with van der Waals surface area (Å²) in [5, 5.41) is 3.27. The number of hydrogen-bond donors (Lipinski definition) is 1. The van der Waals surface area contributed by atoms with Crippen LogP contribution in [0.1, 0.15) is 20.8 Å². The monoisotopic (exact) mass is 115 g/mol. The van der Waals surface area contributed by atoms with Gasteiger partial charge in [-0.3, -0.25) is 5.32 Å². The van der Waals surface area contributed by atoms with Crippen molar-refractivity contribution in [1.29, 1.82) is 0 Å². The molecule has 0 aromatic rings. The van der Waals surface area contributed by atoms with Crippen molar-refractivity contribution in [2.45, 2.75) is 32.5 Å². The Kier molecular flexibility index (Phi) is 1.29. The van der Waals surface area contributed by atoms with Crippen molar-refractivity contribution < 1.29 is 4.74 Å². The minimum absolute atomic E-state index is 0.209. The first kappa shape index (κ1) is 6.05. The highest BCUT2D eigenvalue weighted by Crippen LogP contribution is 2.10. The molecule has 0 radical (unpaired) electrons. The zero-order valence-corrected chi connectivity index (χ0v) is 5.69. The number of epoxide rings is 1. The molecule has 0 amide bonds. The molecular weight excluding hydrogens is 102 g/mol. The van der Waals surface area contributed by atoms with Crippen molar-refractivity contribution in [2.24, 2.45) is 0 Å². The Hall–Kier alpha value is -0.0800. The standard InChI is InChI=1S/C6H13NO/c1-6(2,3)7-5-4-8-5/h5,7H,4H2,1-3H3. The lowest BCUT2D eigenvalue weighted by molar-refractivity contribution is 0.305. The molecule has 8 heavy (non-hydrogen) atoms. The third-order valence-corrected chi connectivity index (χ3v) is 0.927. The SMILES string of the molecule is CC(C)(C)NC1CO1. The van der Waals surface area contributed by atoms with E-state index in [0.29, 0.717) is 6.23 Å². The van der Waals surface area contributed by atoms with Gasteiger partial charge in [-0.1, -0.05) is 0 Å². The maximum atomic E-state index is 4.97. The molecule has 0 aliphatic carbocycles. The summed E-state index contributed by atoms with van der Waals surface area (Å²) in [6.07, 6.45) is 0.343. The summed E-state index contributed by atoms with van der Waals surface area (Å²) in [6.45, 7) is 7.29. The Bertz CT molecular complexity index is 81.0. The summed E-state index contributed by atoms with van der Waals surface area (Å²) in [7, 11) is 0. The lowest BCUT2D eigenvalue weighted by Crippen LogP contribution is -2.37. The average Bonchev–Trinajstić information content (AvgIpc) is 2.12. The van der Waals surface area contributed by atoms with Gasteiger partial charge >= 0.3 is 0 Å². The summed E-state index contributed by atoms with van der Waals surface area (Å²) >= 11 is 0. The van der Waals surface area contributed by atoms with Gasteiger partial charge in [0, 0.05) is 5.54 Å². The van der Waals surface area contributed by atoms with Crippen LogP contribution < -0.4 is 5.32 Å². The molecule has 1 atom stereocenters. The number of rotatable bonds is 1. The Morgan fingerprint density at radius 1 is 1.50 bits per heavy atom. The lowest BCUT2D eigenvalue weighted by atomic mass is 10.1. The van der Waals surface area contributed by atoms with Gasteiger partial charge in [-0.2, -0.15) is 0 Å². The molecule has 1 heterocycles. The molecule has 0 spiro atoms. The van der Waals surface area contributed by atoms with E-state index >= 15 is 0 Å². The molecule has 1 rings (SSSR count). The van der Waals surface area contributed by atoms with Crippen molar-refractivity contribution >= 4 is 0 Å². The molecule has 0 aromatic carbocycles. The second-order valence-electron chi connectivity index (χ2n) is 3.22. The van der Waals surface area contributed by atoms with E-state index in [2.05, 4.69) is 26.1 Å². The molecule has 1 unspecified atom stereocenters. The van der Waals surface area contributed by atoms with Gasteiger partial charge in [-0.25, -0.2) is 0 Å². The maximum absolute atomic E-state index is 4.97. The van der Waals surface area contributed by atoms with Gasteiger partial charge < -0.3 is 4.74 Å². The summed E-state index contributed by atoms with van der Waals surface area (Å²) in [5.41, 5.74) is 0.209. The predicted octanol–water partition coefficient (Wildman–Crippen LogP) is 0.731. The summed E-state index contributed by atoms with van der Waals surface area (Å²) in [5.74, 6) is 0. The molecule has 0 aromatic heterocycles. The van der Waals surface area contributed by atoms with Crippen LogP contribution in [0.15, 0.2) is 0 Å². The first-order valence-electron chi connectivity index (χ1n) is 2.97. The largest absolute Gasteiger partial charge is 0.357 e. The van der Waals surface area contributed by atoms with Gasteiger partial charge in [0.15, 0.2) is 0 Å². The van der Waals surface area contributed by atoms with Crippen molar-refractivity contribution in [3.63, 3.8) is 0 Å². The molecule has 0 bridgehead atoms. The van der Waals surface area contributed by atoms with Crippen LogP contribution in [0.3, 0.4) is 0 Å². The van der Waals surface area contributed by atoms with Crippen LogP contribution >= 0.6 is 0 Å². The zero-order chi connectivity index (χ0) is 6.20. The molecule has 2 heteroatoms. The highest BCUT2D eigenvalue weighted by molar-refractivity contribution is 4.77. The Morgan fingerprint density at radius 2 is 2.00 bits per heavy atom. The van der Waals surface area contributed by atoms with E-state index in [-0.39, 0.29) is 5.54 Å². The fourth-order valence-electron chi connectivity index (χ4n) is 0.614. The number of nitrogens with one attached hydrogen (secondary N) is 1. The zero-order valence-electron chi connectivity index (χ0n) is 5.69. The topological polar surface area (TPSA) is 24.6 Å². The predicted molar refractivity (Wildman–Crippen MR) is 32.6 cm³/mol. The van der Waals surface area contributed by atoms with E-state index < -0.39 is 0 Å². The molecule has 2 nitrogen and oxygen atoms in total. The number of ether oxygens (including phenoxy) is 1. The molecule has 1 aliphatic rings. The van der Waals surface area contributed by atoms with Crippen LogP contribution in [0.4, 0.5) is 0 Å². The molecule has 48 valence electrons. The highest BCUT2D eigenvalue weighted by atomic mass is 16.6. The third kappa shape index (κ3) is 2.28. The van der Waals surface area contributed by atoms with Crippen molar-refractivity contribution in [3.8, 4) is 0 Å². The van der Waals surface area contributed by atoms with Crippen molar-refractivity contribution in [2.75, 3.05) is 6.61 Å². The smallest absolute Gasteiger partial charge is 0.132 e. The van der Waals surface area contributed by atoms with E-state index in [1.54, 1.807) is 0 Å². The van der Waals surface area contributed by atoms with Crippen LogP contribution in [-0.2, 0) is 4.74 Å². The van der Waals surface area contributed by atoms with Gasteiger partial charge in [-0.15, -0.1) is 0 Å². The first-order chi connectivity index (χ1) is 3.58. The van der Waals surface area contributed by atoms with E-state index in [4.69, 9.17) is 4.74 Å². The van der Waals surface area contributed by atoms with Crippen LogP contribution in [-0.4, -0.2) is 18.4 Å². The van der Waals surface area contributed by atoms with Gasteiger partial charge in [0.1, 0.15) is 6.23 Å². The fourth-order valence-corrected chi connectivity index (χ4v) is 0.614. The molecule has 1 aliphatic heterocycles.